The van der Waals surface area contributed by atoms with Crippen molar-refractivity contribution >= 4 is 17.7 Å². The van der Waals surface area contributed by atoms with Gasteiger partial charge in [-0.2, -0.15) is 0 Å². The minimum Gasteiger partial charge on any atom is -0.460 e. The van der Waals surface area contributed by atoms with Gasteiger partial charge in [-0.1, -0.05) is 92.7 Å². The van der Waals surface area contributed by atoms with E-state index in [1.807, 2.05) is 99.6 Å². The fourth-order valence-electron chi connectivity index (χ4n) is 4.92. The zero-order chi connectivity index (χ0) is 29.7. The zero-order valence-corrected chi connectivity index (χ0v) is 25.2. The number of amides is 1. The van der Waals surface area contributed by atoms with Gasteiger partial charge < -0.3 is 9.47 Å². The molecule has 0 aliphatic carbocycles. The molecule has 0 unspecified atom stereocenters. The molecule has 1 N–H and O–H groups in total. The topological polar surface area (TPSA) is 67.9 Å². The Labute approximate surface area is 246 Å². The molecule has 0 aliphatic rings. The Kier molecular flexibility index (Phi) is 12.4. The fourth-order valence-corrected chi connectivity index (χ4v) is 4.92. The van der Waals surface area contributed by atoms with Crippen molar-refractivity contribution in [1.82, 2.24) is 5.43 Å². The molecule has 1 amide bonds. The first-order valence-corrected chi connectivity index (χ1v) is 14.7. The van der Waals surface area contributed by atoms with E-state index in [9.17, 15) is 9.59 Å². The van der Waals surface area contributed by atoms with Crippen LogP contribution in [0.2, 0.25) is 0 Å². The van der Waals surface area contributed by atoms with Crippen molar-refractivity contribution in [2.75, 3.05) is 11.6 Å². The van der Waals surface area contributed by atoms with Gasteiger partial charge in [0.25, 0.3) is 0 Å². The molecule has 41 heavy (non-hydrogen) atoms. The second-order valence-corrected chi connectivity index (χ2v) is 12.0. The summed E-state index contributed by atoms with van der Waals surface area (Å²) in [6, 6.07) is 29.3. The van der Waals surface area contributed by atoms with Crippen LogP contribution in [0.4, 0.5) is 10.5 Å². The summed E-state index contributed by atoms with van der Waals surface area (Å²) >= 11 is 0. The molecule has 0 aromatic heterocycles. The number of ether oxygens (including phenoxy) is 2. The lowest BCUT2D eigenvalue weighted by Gasteiger charge is -2.32. The third-order valence-electron chi connectivity index (χ3n) is 6.79. The SMILES string of the molecule is CC(C)C[C@@H](CNN(C(=O)OCc1ccccc1)c1ccccc1)[C@H](CCCc1ccccc1)C(=O)OC(C)(C)C. The van der Waals surface area contributed by atoms with Crippen LogP contribution in [0.3, 0.4) is 0 Å². The maximum atomic E-state index is 13.6. The smallest absolute Gasteiger partial charge is 0.429 e. The lowest BCUT2D eigenvalue weighted by molar-refractivity contribution is -0.162. The summed E-state index contributed by atoms with van der Waals surface area (Å²) in [5.41, 5.74) is 5.59. The van der Waals surface area contributed by atoms with Crippen LogP contribution in [-0.4, -0.2) is 24.2 Å². The van der Waals surface area contributed by atoms with Crippen molar-refractivity contribution in [3.63, 3.8) is 0 Å². The number of carbonyl (C=O) groups excluding carboxylic acids is 2. The average molecular weight is 559 g/mol. The molecule has 3 aromatic rings. The van der Waals surface area contributed by atoms with Gasteiger partial charge >= 0.3 is 12.1 Å². The van der Waals surface area contributed by atoms with Crippen LogP contribution in [0.5, 0.6) is 0 Å². The largest absolute Gasteiger partial charge is 0.460 e. The van der Waals surface area contributed by atoms with Crippen LogP contribution in [0.15, 0.2) is 91.0 Å². The summed E-state index contributed by atoms with van der Waals surface area (Å²) in [6.07, 6.45) is 2.77. The molecule has 0 radical (unpaired) electrons. The van der Waals surface area contributed by atoms with E-state index in [4.69, 9.17) is 9.47 Å². The number of rotatable bonds is 14. The van der Waals surface area contributed by atoms with E-state index in [1.54, 1.807) is 0 Å². The molecule has 6 nitrogen and oxygen atoms in total. The lowest BCUT2D eigenvalue weighted by Crippen LogP contribution is -2.47. The number of aryl methyl sites for hydroxylation is 1. The molecule has 6 heteroatoms. The normalized spacial score (nSPS) is 12.9. The third kappa shape index (κ3) is 11.4. The maximum absolute atomic E-state index is 13.6. The van der Waals surface area contributed by atoms with E-state index in [0.717, 1.165) is 24.8 Å². The molecule has 3 rings (SSSR count). The Morgan fingerprint density at radius 1 is 0.829 bits per heavy atom. The second kappa shape index (κ2) is 16.0. The van der Waals surface area contributed by atoms with E-state index in [1.165, 1.54) is 10.6 Å². The molecule has 3 aromatic carbocycles. The molecule has 0 bridgehead atoms. The van der Waals surface area contributed by atoms with Crippen molar-refractivity contribution in [2.45, 2.75) is 72.5 Å². The molecule has 0 fully saturated rings. The number of hydrazine groups is 1. The highest BCUT2D eigenvalue weighted by Crippen LogP contribution is 2.29. The van der Waals surface area contributed by atoms with Crippen molar-refractivity contribution in [2.24, 2.45) is 17.8 Å². The quantitative estimate of drug-likeness (QED) is 0.160. The summed E-state index contributed by atoms with van der Waals surface area (Å²) in [7, 11) is 0. The molecular weight excluding hydrogens is 512 g/mol. The predicted octanol–water partition coefficient (Wildman–Crippen LogP) is 7.98. The number of nitrogens with one attached hydrogen (secondary N) is 1. The van der Waals surface area contributed by atoms with Gasteiger partial charge in [0.15, 0.2) is 0 Å². The van der Waals surface area contributed by atoms with Crippen molar-refractivity contribution in [3.8, 4) is 0 Å². The molecular formula is C35H46N2O4. The summed E-state index contributed by atoms with van der Waals surface area (Å²) < 4.78 is 11.6. The van der Waals surface area contributed by atoms with Crippen molar-refractivity contribution < 1.29 is 19.1 Å². The summed E-state index contributed by atoms with van der Waals surface area (Å²) in [5.74, 6) is -0.188. The van der Waals surface area contributed by atoms with Crippen LogP contribution < -0.4 is 10.4 Å². The van der Waals surface area contributed by atoms with Crippen LogP contribution in [0.25, 0.3) is 0 Å². The number of benzene rings is 3. The number of anilines is 1. The molecule has 2 atom stereocenters. The van der Waals surface area contributed by atoms with E-state index in [0.29, 0.717) is 24.6 Å². The van der Waals surface area contributed by atoms with Crippen LogP contribution in [0, 0.1) is 17.8 Å². The lowest BCUT2D eigenvalue weighted by atomic mass is 9.82. The summed E-state index contributed by atoms with van der Waals surface area (Å²) in [6.45, 7) is 10.6. The van der Waals surface area contributed by atoms with E-state index < -0.39 is 11.7 Å². The van der Waals surface area contributed by atoms with Gasteiger partial charge in [0, 0.05) is 6.54 Å². The first-order valence-electron chi connectivity index (χ1n) is 14.7. The Morgan fingerprint density at radius 2 is 1.39 bits per heavy atom. The Hall–Kier alpha value is -3.64. The molecule has 0 saturated carbocycles. The fraction of sp³-hybridized carbons (Fsp3) is 0.429. The van der Waals surface area contributed by atoms with Gasteiger partial charge in [-0.05, 0) is 81.5 Å². The first-order chi connectivity index (χ1) is 19.6. The standard InChI is InChI=1S/C35H46N2O4/c1-27(2)24-30(32(33(38)41-35(3,4)5)23-15-20-28-16-9-6-10-17-28)25-36-37(31-21-13-8-14-22-31)34(39)40-26-29-18-11-7-12-19-29/h6-14,16-19,21-22,27,30,32,36H,15,20,23-26H2,1-5H3/t30-,32-/m0/s1. The number of nitrogens with zero attached hydrogens (tertiary/aromatic N) is 1. The van der Waals surface area contributed by atoms with Crippen LogP contribution in [-0.2, 0) is 27.3 Å². The predicted molar refractivity (Wildman–Crippen MR) is 165 cm³/mol. The number of hydrogen-bond donors (Lipinski definition) is 1. The Balaban J connectivity index is 1.78. The van der Waals surface area contributed by atoms with Gasteiger partial charge in [-0.3, -0.25) is 4.79 Å². The van der Waals surface area contributed by atoms with Crippen molar-refractivity contribution in [3.05, 3.63) is 102 Å². The minimum absolute atomic E-state index is 0.0474. The molecule has 0 aliphatic heterocycles. The molecule has 0 spiro atoms. The second-order valence-electron chi connectivity index (χ2n) is 12.0. The summed E-state index contributed by atoms with van der Waals surface area (Å²) in [5, 5.41) is 1.45. The van der Waals surface area contributed by atoms with E-state index in [2.05, 4.69) is 31.4 Å². The van der Waals surface area contributed by atoms with Crippen molar-refractivity contribution in [1.29, 1.82) is 0 Å². The van der Waals surface area contributed by atoms with Gasteiger partial charge in [0.05, 0.1) is 11.6 Å². The zero-order valence-electron chi connectivity index (χ0n) is 25.2. The van der Waals surface area contributed by atoms with Crippen LogP contribution >= 0.6 is 0 Å². The van der Waals surface area contributed by atoms with Gasteiger partial charge in [0.2, 0.25) is 0 Å². The monoisotopic (exact) mass is 558 g/mol. The van der Waals surface area contributed by atoms with Gasteiger partial charge in [-0.15, -0.1) is 0 Å². The number of hydrogen-bond acceptors (Lipinski definition) is 5. The number of carbonyl (C=O) groups is 2. The van der Waals surface area contributed by atoms with Gasteiger partial charge in [-0.25, -0.2) is 15.2 Å². The molecule has 220 valence electrons. The van der Waals surface area contributed by atoms with Gasteiger partial charge in [0.1, 0.15) is 12.2 Å². The highest BCUT2D eigenvalue weighted by Gasteiger charge is 2.33. The third-order valence-corrected chi connectivity index (χ3v) is 6.79. The molecule has 0 heterocycles. The Bertz CT molecular complexity index is 1180. The average Bonchev–Trinajstić information content (AvgIpc) is 2.94. The minimum atomic E-state index is -0.581. The maximum Gasteiger partial charge on any atom is 0.429 e. The van der Waals surface area contributed by atoms with E-state index >= 15 is 0 Å². The summed E-state index contributed by atoms with van der Waals surface area (Å²) in [4.78, 5) is 26.9. The first kappa shape index (κ1) is 31.9. The Morgan fingerprint density at radius 3 is 1.95 bits per heavy atom. The molecule has 0 saturated heterocycles. The van der Waals surface area contributed by atoms with Crippen LogP contribution in [0.1, 0.15) is 65.0 Å². The number of esters is 1. The highest BCUT2D eigenvalue weighted by atomic mass is 16.6. The van der Waals surface area contributed by atoms with E-state index in [-0.39, 0.29) is 24.4 Å². The number of para-hydroxylation sites is 1. The highest BCUT2D eigenvalue weighted by molar-refractivity contribution is 5.86.